The third-order valence-corrected chi connectivity index (χ3v) is 6.15. The number of hydrogen-bond acceptors (Lipinski definition) is 6. The van der Waals surface area contributed by atoms with E-state index in [0.29, 0.717) is 4.31 Å². The van der Waals surface area contributed by atoms with Crippen LogP contribution in [0.5, 0.6) is 0 Å². The maximum Gasteiger partial charge on any atom is 0.338 e. The molecule has 154 valence electrons. The second kappa shape index (κ2) is 8.26. The molecule has 1 heterocycles. The van der Waals surface area contributed by atoms with Gasteiger partial charge < -0.3 is 9.47 Å². The van der Waals surface area contributed by atoms with Gasteiger partial charge in [-0.05, 0) is 23.8 Å². The molecule has 2 aromatic rings. The molecule has 10 heteroatoms. The number of fused-ring (bicyclic) bond motifs is 1. The Bertz CT molecular complexity index is 1030. The van der Waals surface area contributed by atoms with Crippen molar-refractivity contribution in [3.63, 3.8) is 0 Å². The lowest BCUT2D eigenvalue weighted by atomic mass is 10.1. The van der Waals surface area contributed by atoms with Gasteiger partial charge in [0, 0.05) is 7.11 Å². The van der Waals surface area contributed by atoms with E-state index in [1.807, 2.05) is 0 Å². The predicted molar refractivity (Wildman–Crippen MR) is 97.1 cm³/mol. The van der Waals surface area contributed by atoms with Crippen molar-refractivity contribution < 1.29 is 36.3 Å². The van der Waals surface area contributed by atoms with Crippen molar-refractivity contribution in [2.75, 3.05) is 20.3 Å². The average Bonchev–Trinajstić information content (AvgIpc) is 2.90. The van der Waals surface area contributed by atoms with Gasteiger partial charge in [-0.25, -0.2) is 26.3 Å². The zero-order chi connectivity index (χ0) is 21.2. The zero-order valence-corrected chi connectivity index (χ0v) is 16.1. The van der Waals surface area contributed by atoms with Crippen molar-refractivity contribution in [3.05, 3.63) is 65.2 Å². The second-order valence-electron chi connectivity index (χ2n) is 6.16. The van der Waals surface area contributed by atoms with E-state index in [4.69, 9.17) is 9.47 Å². The highest BCUT2D eigenvalue weighted by Gasteiger charge is 2.41. The van der Waals surface area contributed by atoms with Crippen molar-refractivity contribution in [1.82, 2.24) is 4.31 Å². The number of esters is 1. The van der Waals surface area contributed by atoms with E-state index in [1.54, 1.807) is 6.07 Å². The van der Waals surface area contributed by atoms with Crippen LogP contribution in [0, 0.1) is 0 Å². The van der Waals surface area contributed by atoms with Crippen LogP contribution in [-0.2, 0) is 19.5 Å². The van der Waals surface area contributed by atoms with Crippen molar-refractivity contribution in [3.8, 4) is 0 Å². The van der Waals surface area contributed by atoms with Crippen LogP contribution in [0.1, 0.15) is 32.4 Å². The molecular weight excluding hydrogens is 408 g/mol. The average molecular weight is 425 g/mol. The molecule has 0 N–H and O–H groups in total. The van der Waals surface area contributed by atoms with Crippen LogP contribution in [0.3, 0.4) is 0 Å². The number of hydrogen-bond donors (Lipinski definition) is 0. The monoisotopic (exact) mass is 425 g/mol. The molecule has 1 aliphatic heterocycles. The molecule has 2 aromatic carbocycles. The third kappa shape index (κ3) is 3.99. The molecular formula is C19H17F2NO6S. The molecule has 1 aliphatic rings. The van der Waals surface area contributed by atoms with Gasteiger partial charge >= 0.3 is 5.97 Å². The van der Waals surface area contributed by atoms with Crippen LogP contribution >= 0.6 is 0 Å². The molecule has 0 aromatic heterocycles. The Labute approximate surface area is 165 Å². The molecule has 0 fully saturated rings. The first-order valence-corrected chi connectivity index (χ1v) is 9.95. The molecule has 29 heavy (non-hydrogen) atoms. The molecule has 7 nitrogen and oxygen atoms in total. The van der Waals surface area contributed by atoms with Crippen molar-refractivity contribution in [1.29, 1.82) is 0 Å². The van der Waals surface area contributed by atoms with Crippen molar-refractivity contribution >= 4 is 21.9 Å². The second-order valence-corrected chi connectivity index (χ2v) is 7.99. The van der Waals surface area contributed by atoms with E-state index in [9.17, 15) is 26.8 Å². The summed E-state index contributed by atoms with van der Waals surface area (Å²) in [4.78, 5) is 24.4. The van der Waals surface area contributed by atoms with Gasteiger partial charge in [-0.1, -0.05) is 30.3 Å². The maximum absolute atomic E-state index is 13.4. The van der Waals surface area contributed by atoms with E-state index < -0.39 is 34.4 Å². The molecule has 1 atom stereocenters. The first-order valence-electron chi connectivity index (χ1n) is 8.51. The van der Waals surface area contributed by atoms with Gasteiger partial charge in [-0.2, -0.15) is 0 Å². The number of ether oxygens (including phenoxy) is 2. The number of carbonyl (C=O) groups excluding carboxylic acids is 2. The lowest BCUT2D eigenvalue weighted by Gasteiger charge is -2.17. The fourth-order valence-electron chi connectivity index (χ4n) is 2.89. The summed E-state index contributed by atoms with van der Waals surface area (Å²) in [6.45, 7) is -0.186. The topological polar surface area (TPSA) is 90.0 Å². The van der Waals surface area contributed by atoms with E-state index in [2.05, 4.69) is 0 Å². The Balaban J connectivity index is 1.89. The molecule has 0 saturated heterocycles. The van der Waals surface area contributed by atoms with E-state index in [1.165, 1.54) is 43.5 Å². The summed E-state index contributed by atoms with van der Waals surface area (Å²) in [6.07, 6.45) is -4.79. The summed E-state index contributed by atoms with van der Waals surface area (Å²) in [5.74, 6) is -1.87. The van der Waals surface area contributed by atoms with Gasteiger partial charge in [0.1, 0.15) is 4.90 Å². The van der Waals surface area contributed by atoms with Crippen LogP contribution in [0.4, 0.5) is 8.78 Å². The van der Waals surface area contributed by atoms with E-state index in [0.717, 1.165) is 6.07 Å². The number of halogens is 2. The molecule has 0 radical (unpaired) electrons. The minimum Gasteiger partial charge on any atom is -0.448 e. The van der Waals surface area contributed by atoms with E-state index in [-0.39, 0.29) is 34.7 Å². The van der Waals surface area contributed by atoms with Crippen LogP contribution in [0.25, 0.3) is 0 Å². The summed E-state index contributed by atoms with van der Waals surface area (Å²) in [7, 11) is -2.81. The first kappa shape index (κ1) is 20.9. The first-order chi connectivity index (χ1) is 13.8. The number of rotatable bonds is 7. The van der Waals surface area contributed by atoms with Crippen molar-refractivity contribution in [2.24, 2.45) is 0 Å². The molecule has 0 saturated carbocycles. The van der Waals surface area contributed by atoms with Crippen LogP contribution in [0.15, 0.2) is 53.4 Å². The van der Waals surface area contributed by atoms with Gasteiger partial charge in [-0.3, -0.25) is 4.79 Å². The van der Waals surface area contributed by atoms with Crippen molar-refractivity contribution in [2.45, 2.75) is 17.4 Å². The van der Waals surface area contributed by atoms with Gasteiger partial charge in [0.05, 0.1) is 24.3 Å². The number of benzene rings is 2. The summed E-state index contributed by atoms with van der Waals surface area (Å²) in [5, 5.41) is 0. The highest BCUT2D eigenvalue weighted by atomic mass is 32.2. The maximum atomic E-state index is 13.4. The lowest BCUT2D eigenvalue weighted by molar-refractivity contribution is -0.0350. The number of sulfonamides is 1. The highest BCUT2D eigenvalue weighted by Crippen LogP contribution is 2.32. The Morgan fingerprint density at radius 2 is 1.83 bits per heavy atom. The molecule has 0 unspecified atom stereocenters. The predicted octanol–water partition coefficient (Wildman–Crippen LogP) is 2.64. The Kier molecular flexibility index (Phi) is 5.94. The molecule has 3 rings (SSSR count). The largest absolute Gasteiger partial charge is 0.448 e. The summed E-state index contributed by atoms with van der Waals surface area (Å²) in [5.41, 5.74) is -0.257. The number of methoxy groups -OCH3 is 1. The number of carbonyl (C=O) groups is 2. The summed E-state index contributed by atoms with van der Waals surface area (Å²) >= 11 is 0. The normalized spacial score (nSPS) is 16.0. The summed E-state index contributed by atoms with van der Waals surface area (Å²) in [6, 6.07) is 10.8. The van der Waals surface area contributed by atoms with Crippen LogP contribution in [0.2, 0.25) is 0 Å². The number of nitrogens with zero attached hydrogens (tertiary/aromatic N) is 1. The zero-order valence-electron chi connectivity index (χ0n) is 15.2. The Morgan fingerprint density at radius 1 is 1.14 bits per heavy atom. The van der Waals surface area contributed by atoms with Crippen LogP contribution in [-0.4, -0.2) is 51.3 Å². The van der Waals surface area contributed by atoms with Gasteiger partial charge in [0.2, 0.25) is 0 Å². The van der Waals surface area contributed by atoms with Gasteiger partial charge in [-0.15, -0.1) is 0 Å². The van der Waals surface area contributed by atoms with Crippen LogP contribution < -0.4 is 0 Å². The Hall–Kier alpha value is -2.85. The smallest absolute Gasteiger partial charge is 0.338 e. The SMILES string of the molecule is COCCN1C(=O)c2ccc(C(=O)O[C@@H](c3ccccc3)C(F)F)cc2S1(=O)=O. The van der Waals surface area contributed by atoms with Gasteiger partial charge in [0.25, 0.3) is 22.4 Å². The number of amides is 1. The standard InChI is InChI=1S/C19H17F2NO6S/c1-27-10-9-22-18(23)14-8-7-13(11-15(14)29(22,25)26)19(24)28-16(17(20)21)12-5-3-2-4-6-12/h2-8,11,16-17H,9-10H2,1H3/t16-/m0/s1. The highest BCUT2D eigenvalue weighted by molar-refractivity contribution is 7.90. The molecule has 0 bridgehead atoms. The quantitative estimate of drug-likeness (QED) is 0.634. The fourth-order valence-corrected chi connectivity index (χ4v) is 4.47. The Morgan fingerprint density at radius 3 is 2.45 bits per heavy atom. The minimum atomic E-state index is -4.17. The molecule has 0 spiro atoms. The lowest BCUT2D eigenvalue weighted by Crippen LogP contribution is -2.33. The number of alkyl halides is 2. The van der Waals surface area contributed by atoms with Gasteiger partial charge in [0.15, 0.2) is 6.10 Å². The molecule has 1 amide bonds. The van der Waals surface area contributed by atoms with E-state index >= 15 is 0 Å². The minimum absolute atomic E-state index is 0.000994. The third-order valence-electron chi connectivity index (χ3n) is 4.33. The summed E-state index contributed by atoms with van der Waals surface area (Å²) < 4.78 is 62.4. The molecule has 0 aliphatic carbocycles. The fraction of sp³-hybridized carbons (Fsp3) is 0.263.